The van der Waals surface area contributed by atoms with E-state index in [4.69, 9.17) is 5.84 Å². The molecule has 0 spiro atoms. The normalized spacial score (nSPS) is 18.0. The number of sulfone groups is 1. The van der Waals surface area contributed by atoms with E-state index in [0.29, 0.717) is 5.56 Å². The van der Waals surface area contributed by atoms with Gasteiger partial charge in [-0.2, -0.15) is 0 Å². The first kappa shape index (κ1) is 21.7. The molecule has 1 atom stereocenters. The Morgan fingerprint density at radius 1 is 1.13 bits per heavy atom. The zero-order valence-corrected chi connectivity index (χ0v) is 16.6. The lowest BCUT2D eigenvalue weighted by Gasteiger charge is -2.35. The molecule has 0 radical (unpaired) electrons. The summed E-state index contributed by atoms with van der Waals surface area (Å²) in [5.41, 5.74) is 2.55. The number of nitrogens with zero attached hydrogens (tertiary/aromatic N) is 1. The fraction of sp³-hybridized carbons (Fsp3) is 0.263. The van der Waals surface area contributed by atoms with Gasteiger partial charge in [0.15, 0.2) is 9.84 Å². The first-order valence-corrected chi connectivity index (χ1v) is 10.8. The average Bonchev–Trinajstić information content (AvgIpc) is 2.72. The van der Waals surface area contributed by atoms with Gasteiger partial charge in [-0.3, -0.25) is 10.2 Å². The maximum Gasteiger partial charge on any atom is 0.318 e. The van der Waals surface area contributed by atoms with Gasteiger partial charge in [-0.05, 0) is 29.8 Å². The average molecular weight is 438 g/mol. The molecule has 0 bridgehead atoms. The Balaban J connectivity index is 1.74. The molecule has 1 unspecified atom stereocenters. The number of nitrogens with two attached hydrogens (primary N) is 1. The van der Waals surface area contributed by atoms with Crippen LogP contribution in [-0.4, -0.2) is 43.3 Å². The van der Waals surface area contributed by atoms with Crippen LogP contribution < -0.4 is 16.6 Å². The molecule has 0 aliphatic carbocycles. The number of urea groups is 1. The second-order valence-corrected chi connectivity index (χ2v) is 9.04. The zero-order valence-electron chi connectivity index (χ0n) is 15.8. The minimum atomic E-state index is -3.37. The largest absolute Gasteiger partial charge is 0.334 e. The van der Waals surface area contributed by atoms with Crippen LogP contribution in [0.5, 0.6) is 0 Å². The number of amides is 3. The number of halogens is 2. The third-order valence-corrected chi connectivity index (χ3v) is 6.45. The second kappa shape index (κ2) is 8.76. The molecule has 0 aromatic heterocycles. The summed E-state index contributed by atoms with van der Waals surface area (Å²) in [6.45, 7) is -0.219. The number of nitrogens with one attached hydrogen (secondary N) is 2. The highest BCUT2D eigenvalue weighted by Gasteiger charge is 2.35. The summed E-state index contributed by atoms with van der Waals surface area (Å²) in [7, 11) is -3.37. The van der Waals surface area contributed by atoms with Gasteiger partial charge in [0.05, 0.1) is 17.5 Å². The molecule has 11 heteroatoms. The molecule has 2 aromatic rings. The Hall–Kier alpha value is -3.05. The molecule has 160 valence electrons. The van der Waals surface area contributed by atoms with Crippen LogP contribution in [0.4, 0.5) is 13.6 Å². The Labute approximate surface area is 171 Å². The van der Waals surface area contributed by atoms with Gasteiger partial charge < -0.3 is 10.2 Å². The second-order valence-electron chi connectivity index (χ2n) is 6.81. The Morgan fingerprint density at radius 2 is 1.83 bits per heavy atom. The molecule has 4 N–H and O–H groups in total. The monoisotopic (exact) mass is 438 g/mol. The van der Waals surface area contributed by atoms with E-state index in [1.54, 1.807) is 0 Å². The lowest BCUT2D eigenvalue weighted by Crippen LogP contribution is -2.49. The van der Waals surface area contributed by atoms with Crippen LogP contribution in [0.15, 0.2) is 42.5 Å². The van der Waals surface area contributed by atoms with Gasteiger partial charge in [0.25, 0.3) is 5.91 Å². The molecule has 3 rings (SSSR count). The van der Waals surface area contributed by atoms with Crippen LogP contribution in [0.3, 0.4) is 0 Å². The Bertz CT molecular complexity index is 1060. The van der Waals surface area contributed by atoms with Gasteiger partial charge in [-0.1, -0.05) is 18.2 Å². The molecule has 1 aliphatic heterocycles. The molecule has 30 heavy (non-hydrogen) atoms. The molecule has 1 aliphatic rings. The third kappa shape index (κ3) is 4.92. The summed E-state index contributed by atoms with van der Waals surface area (Å²) in [5, 5.41) is 2.56. The molecule has 2 aromatic carbocycles. The Morgan fingerprint density at radius 3 is 2.47 bits per heavy atom. The van der Waals surface area contributed by atoms with Crippen molar-refractivity contribution in [2.24, 2.45) is 5.84 Å². The van der Waals surface area contributed by atoms with E-state index in [2.05, 4.69) is 5.32 Å². The summed E-state index contributed by atoms with van der Waals surface area (Å²) < 4.78 is 51.6. The highest BCUT2D eigenvalue weighted by Crippen LogP contribution is 2.27. The van der Waals surface area contributed by atoms with Gasteiger partial charge >= 0.3 is 6.03 Å². The highest BCUT2D eigenvalue weighted by molar-refractivity contribution is 7.91. The molecule has 1 saturated heterocycles. The number of benzene rings is 2. The van der Waals surface area contributed by atoms with E-state index >= 15 is 0 Å². The van der Waals surface area contributed by atoms with Crippen molar-refractivity contribution in [3.63, 3.8) is 0 Å². The fourth-order valence-corrected chi connectivity index (χ4v) is 4.69. The summed E-state index contributed by atoms with van der Waals surface area (Å²) in [6.07, 6.45) is 0. The predicted molar refractivity (Wildman–Crippen MR) is 105 cm³/mol. The van der Waals surface area contributed by atoms with Crippen LogP contribution in [0.25, 0.3) is 0 Å². The van der Waals surface area contributed by atoms with Crippen LogP contribution in [-0.2, 0) is 16.4 Å². The van der Waals surface area contributed by atoms with Crippen LogP contribution >= 0.6 is 0 Å². The van der Waals surface area contributed by atoms with Crippen molar-refractivity contribution in [3.05, 3.63) is 70.8 Å². The van der Waals surface area contributed by atoms with Crippen molar-refractivity contribution in [1.29, 1.82) is 0 Å². The van der Waals surface area contributed by atoms with Crippen LogP contribution in [0.1, 0.15) is 27.5 Å². The predicted octanol–water partition coefficient (Wildman–Crippen LogP) is 1.25. The van der Waals surface area contributed by atoms with Gasteiger partial charge in [0.1, 0.15) is 11.6 Å². The van der Waals surface area contributed by atoms with Crippen LogP contribution in [0.2, 0.25) is 0 Å². The first-order chi connectivity index (χ1) is 14.2. The molecule has 3 amide bonds. The lowest BCUT2D eigenvalue weighted by molar-refractivity contribution is 0.0953. The van der Waals surface area contributed by atoms with Gasteiger partial charge in [-0.15, -0.1) is 0 Å². The topological polar surface area (TPSA) is 122 Å². The molecular weight excluding hydrogens is 418 g/mol. The molecule has 1 fully saturated rings. The van der Waals surface area contributed by atoms with E-state index in [1.165, 1.54) is 41.3 Å². The maximum absolute atomic E-state index is 14.2. The molecule has 0 saturated carbocycles. The van der Waals surface area contributed by atoms with Crippen molar-refractivity contribution in [2.45, 2.75) is 12.6 Å². The van der Waals surface area contributed by atoms with Crippen molar-refractivity contribution >= 4 is 21.8 Å². The summed E-state index contributed by atoms with van der Waals surface area (Å²) in [5.74, 6) is 2.70. The molecular formula is C19H20F2N4O4S. The van der Waals surface area contributed by atoms with E-state index in [9.17, 15) is 26.8 Å². The fourth-order valence-electron chi connectivity index (χ4n) is 3.20. The van der Waals surface area contributed by atoms with E-state index in [1.807, 2.05) is 5.43 Å². The first-order valence-electron chi connectivity index (χ1n) is 9.00. The third-order valence-electron chi connectivity index (χ3n) is 4.82. The maximum atomic E-state index is 14.2. The molecule has 1 heterocycles. The number of rotatable bonds is 4. The minimum absolute atomic E-state index is 0.0303. The van der Waals surface area contributed by atoms with E-state index in [-0.39, 0.29) is 35.7 Å². The highest BCUT2D eigenvalue weighted by atomic mass is 32.2. The van der Waals surface area contributed by atoms with E-state index < -0.39 is 39.5 Å². The van der Waals surface area contributed by atoms with E-state index in [0.717, 1.165) is 6.07 Å². The van der Waals surface area contributed by atoms with Crippen LogP contribution in [0, 0.1) is 11.6 Å². The number of hydrogen-bond acceptors (Lipinski definition) is 5. The SMILES string of the molecule is NNC(=O)c1ccc(CNC(=O)N2CCS(=O)(=O)CC2c2ccc(F)cc2)c(F)c1. The summed E-state index contributed by atoms with van der Waals surface area (Å²) in [4.78, 5) is 25.5. The summed E-state index contributed by atoms with van der Waals surface area (Å²) >= 11 is 0. The van der Waals surface area contributed by atoms with Gasteiger partial charge in [0, 0.05) is 24.2 Å². The smallest absolute Gasteiger partial charge is 0.318 e. The standard InChI is InChI=1S/C19H20F2N4O4S/c20-15-5-3-12(4-6-15)17-11-30(28,29)8-7-25(17)19(27)23-10-14-2-1-13(9-16(14)21)18(26)24-22/h1-6,9,17H,7-8,10-11,22H2,(H,23,27)(H,24,26). The number of nitrogen functional groups attached to an aromatic ring is 1. The van der Waals surface area contributed by atoms with Gasteiger partial charge in [-0.25, -0.2) is 27.8 Å². The number of hydrogen-bond donors (Lipinski definition) is 3. The van der Waals surface area contributed by atoms with Gasteiger partial charge in [0.2, 0.25) is 0 Å². The number of carbonyl (C=O) groups excluding carboxylic acids is 2. The van der Waals surface area contributed by atoms with Crippen molar-refractivity contribution in [3.8, 4) is 0 Å². The Kier molecular flexibility index (Phi) is 6.32. The zero-order chi connectivity index (χ0) is 21.9. The lowest BCUT2D eigenvalue weighted by atomic mass is 10.1. The van der Waals surface area contributed by atoms with Crippen molar-refractivity contribution < 1.29 is 26.8 Å². The van der Waals surface area contributed by atoms with Crippen molar-refractivity contribution in [2.75, 3.05) is 18.1 Å². The number of hydrazine groups is 1. The number of carbonyl (C=O) groups is 2. The summed E-state index contributed by atoms with van der Waals surface area (Å²) in [6, 6.07) is 7.59. The minimum Gasteiger partial charge on any atom is -0.334 e. The van der Waals surface area contributed by atoms with Crippen molar-refractivity contribution in [1.82, 2.24) is 15.6 Å². The molecule has 8 nitrogen and oxygen atoms in total. The quantitative estimate of drug-likeness (QED) is 0.377.